The van der Waals surface area contributed by atoms with Gasteiger partial charge in [0.25, 0.3) is 0 Å². The van der Waals surface area contributed by atoms with E-state index in [0.717, 1.165) is 6.42 Å². The summed E-state index contributed by atoms with van der Waals surface area (Å²) in [5.74, 6) is 0.0209. The van der Waals surface area contributed by atoms with E-state index in [2.05, 4.69) is 5.32 Å². The lowest BCUT2D eigenvalue weighted by atomic mass is 10.3. The summed E-state index contributed by atoms with van der Waals surface area (Å²) in [6, 6.07) is 0. The van der Waals surface area contributed by atoms with Gasteiger partial charge in [-0.25, -0.2) is 0 Å². The first-order valence-corrected chi connectivity index (χ1v) is 7.17. The van der Waals surface area contributed by atoms with Gasteiger partial charge in [0.2, 0.25) is 0 Å². The van der Waals surface area contributed by atoms with E-state index in [0.29, 0.717) is 13.1 Å². The zero-order chi connectivity index (χ0) is 11.9. The molecule has 2 unspecified atom stereocenters. The first kappa shape index (κ1) is 15.2. The Balaban J connectivity index is 3.29. The summed E-state index contributed by atoms with van der Waals surface area (Å²) in [5.41, 5.74) is -4.14. The van der Waals surface area contributed by atoms with Crippen LogP contribution in [0.2, 0.25) is 0 Å². The molecule has 0 saturated carbocycles. The van der Waals surface area contributed by atoms with Crippen molar-refractivity contribution in [1.82, 2.24) is 5.32 Å². The van der Waals surface area contributed by atoms with Gasteiger partial charge < -0.3 is 5.32 Å². The van der Waals surface area contributed by atoms with Gasteiger partial charge in [0.05, 0.1) is 0 Å². The van der Waals surface area contributed by atoms with Gasteiger partial charge in [0.1, 0.15) is 0 Å². The summed E-state index contributed by atoms with van der Waals surface area (Å²) in [6.45, 7) is 2.80. The van der Waals surface area contributed by atoms with Crippen LogP contribution in [0.1, 0.15) is 13.3 Å². The fourth-order valence-corrected chi connectivity index (χ4v) is 1.76. The molecule has 0 aromatic heterocycles. The molecule has 0 aliphatic heterocycles. The summed E-state index contributed by atoms with van der Waals surface area (Å²) in [7, 11) is -0.857. The van der Waals surface area contributed by atoms with Gasteiger partial charge in [0.15, 0.2) is 0 Å². The number of thioether (sulfide) groups is 1. The second kappa shape index (κ2) is 7.51. The molecule has 0 rings (SSSR count). The smallest absolute Gasteiger partial charge is 0.316 e. The molecule has 2 atom stereocenters. The topological polar surface area (TPSA) is 29.1 Å². The average Bonchev–Trinajstić information content (AvgIpc) is 2.08. The number of halogens is 3. The molecule has 0 saturated heterocycles. The van der Waals surface area contributed by atoms with Gasteiger partial charge in [-0.05, 0) is 24.7 Å². The van der Waals surface area contributed by atoms with E-state index in [1.165, 1.54) is 0 Å². The van der Waals surface area contributed by atoms with E-state index in [1.807, 2.05) is 6.92 Å². The molecule has 2 nitrogen and oxygen atoms in total. The lowest BCUT2D eigenvalue weighted by Crippen LogP contribution is -2.24. The minimum Gasteiger partial charge on any atom is -0.316 e. The summed E-state index contributed by atoms with van der Waals surface area (Å²) in [4.78, 5) is 0. The Morgan fingerprint density at radius 2 is 2.00 bits per heavy atom. The minimum absolute atomic E-state index is 0.0209. The maximum absolute atomic E-state index is 11.7. The third kappa shape index (κ3) is 10.5. The van der Waals surface area contributed by atoms with Crippen LogP contribution >= 0.6 is 11.8 Å². The fraction of sp³-hybridized carbons (Fsp3) is 1.00. The lowest BCUT2D eigenvalue weighted by Gasteiger charge is -2.09. The van der Waals surface area contributed by atoms with Crippen LogP contribution in [0.15, 0.2) is 0 Å². The molecule has 0 aliphatic carbocycles. The summed E-state index contributed by atoms with van der Waals surface area (Å²) in [6.07, 6.45) is 2.35. The first-order chi connectivity index (χ1) is 6.83. The predicted octanol–water partition coefficient (Wildman–Crippen LogP) is 1.99. The molecule has 0 aromatic carbocycles. The van der Waals surface area contributed by atoms with Crippen LogP contribution in [0.3, 0.4) is 0 Å². The molecule has 0 radical (unpaired) electrons. The van der Waals surface area contributed by atoms with Gasteiger partial charge in [-0.2, -0.15) is 13.2 Å². The van der Waals surface area contributed by atoms with E-state index in [1.54, 1.807) is 6.26 Å². The van der Waals surface area contributed by atoms with Gasteiger partial charge in [-0.1, -0.05) is 6.92 Å². The first-order valence-electron chi connectivity index (χ1n) is 4.56. The van der Waals surface area contributed by atoms with Crippen LogP contribution in [-0.2, 0) is 10.8 Å². The molecule has 7 heteroatoms. The van der Waals surface area contributed by atoms with Crippen molar-refractivity contribution in [3.63, 3.8) is 0 Å². The third-order valence-corrected chi connectivity index (χ3v) is 3.94. The molecule has 0 aromatic rings. The second-order valence-corrected chi connectivity index (χ2v) is 6.10. The Hall–Kier alpha value is 0.250. The Labute approximate surface area is 94.8 Å². The van der Waals surface area contributed by atoms with E-state index in [-0.39, 0.29) is 22.8 Å². The lowest BCUT2D eigenvalue weighted by molar-refractivity contribution is -0.0327. The number of nitrogens with one attached hydrogen (secondary N) is 1. The Bertz CT molecular complexity index is 199. The summed E-state index contributed by atoms with van der Waals surface area (Å²) in [5, 5.41) is 2.98. The summed E-state index contributed by atoms with van der Waals surface area (Å²) < 4.78 is 46.0. The van der Waals surface area contributed by atoms with E-state index in [9.17, 15) is 17.4 Å². The maximum Gasteiger partial charge on any atom is 0.441 e. The standard InChI is InChI=1S/C8H16F3NOS2/c1-7(15(2)13)3-4-12-5-6-14-8(9,10)11/h7,12H,3-6H2,1-2H3. The summed E-state index contributed by atoms with van der Waals surface area (Å²) >= 11 is -0.0238. The van der Waals surface area contributed by atoms with E-state index < -0.39 is 16.3 Å². The number of hydrogen-bond donors (Lipinski definition) is 1. The van der Waals surface area contributed by atoms with Crippen LogP contribution < -0.4 is 5.32 Å². The van der Waals surface area contributed by atoms with Crippen LogP contribution in [-0.4, -0.2) is 40.1 Å². The number of rotatable bonds is 7. The SMILES string of the molecule is CC(CCNCCSC(F)(F)F)S(C)=O. The normalized spacial score (nSPS) is 16.3. The van der Waals surface area contributed by atoms with Crippen LogP contribution in [0.25, 0.3) is 0 Å². The molecular weight excluding hydrogens is 247 g/mol. The molecule has 92 valence electrons. The van der Waals surface area contributed by atoms with E-state index in [4.69, 9.17) is 0 Å². The fourth-order valence-electron chi connectivity index (χ4n) is 0.835. The molecule has 15 heavy (non-hydrogen) atoms. The van der Waals surface area contributed by atoms with Gasteiger partial charge >= 0.3 is 5.51 Å². The van der Waals surface area contributed by atoms with Gasteiger partial charge in [0, 0.05) is 34.6 Å². The molecule has 0 amide bonds. The zero-order valence-corrected chi connectivity index (χ0v) is 10.4. The van der Waals surface area contributed by atoms with Gasteiger partial charge in [-0.3, -0.25) is 4.21 Å². The monoisotopic (exact) mass is 263 g/mol. The van der Waals surface area contributed by atoms with Crippen LogP contribution in [0.5, 0.6) is 0 Å². The molecule has 0 bridgehead atoms. The Morgan fingerprint density at radius 3 is 2.47 bits per heavy atom. The molecule has 0 spiro atoms. The second-order valence-electron chi connectivity index (χ2n) is 3.14. The Morgan fingerprint density at radius 1 is 1.40 bits per heavy atom. The highest BCUT2D eigenvalue weighted by atomic mass is 32.2. The highest BCUT2D eigenvalue weighted by Crippen LogP contribution is 2.29. The maximum atomic E-state index is 11.7. The van der Waals surface area contributed by atoms with Crippen molar-refractivity contribution in [2.45, 2.75) is 24.1 Å². The van der Waals surface area contributed by atoms with Gasteiger partial charge in [-0.15, -0.1) is 0 Å². The highest BCUT2D eigenvalue weighted by molar-refractivity contribution is 8.00. The van der Waals surface area contributed by atoms with Crippen LogP contribution in [0.4, 0.5) is 13.2 Å². The number of alkyl halides is 3. The average molecular weight is 263 g/mol. The van der Waals surface area contributed by atoms with Crippen molar-refractivity contribution >= 4 is 22.6 Å². The van der Waals surface area contributed by atoms with Crippen molar-refractivity contribution in [2.75, 3.05) is 25.1 Å². The Kier molecular flexibility index (Phi) is 7.64. The molecule has 0 fully saturated rings. The van der Waals surface area contributed by atoms with Crippen molar-refractivity contribution in [2.24, 2.45) is 0 Å². The number of hydrogen-bond acceptors (Lipinski definition) is 3. The molecule has 0 aliphatic rings. The molecule has 1 N–H and O–H groups in total. The zero-order valence-electron chi connectivity index (χ0n) is 8.76. The van der Waals surface area contributed by atoms with Crippen molar-refractivity contribution in [3.05, 3.63) is 0 Å². The molecular formula is C8H16F3NOS2. The largest absolute Gasteiger partial charge is 0.441 e. The molecule has 0 heterocycles. The predicted molar refractivity (Wildman–Crippen MR) is 59.5 cm³/mol. The van der Waals surface area contributed by atoms with Crippen molar-refractivity contribution in [1.29, 1.82) is 0 Å². The highest BCUT2D eigenvalue weighted by Gasteiger charge is 2.27. The third-order valence-electron chi connectivity index (χ3n) is 1.84. The van der Waals surface area contributed by atoms with E-state index >= 15 is 0 Å². The van der Waals surface area contributed by atoms with Crippen molar-refractivity contribution in [3.8, 4) is 0 Å². The quantitative estimate of drug-likeness (QED) is 0.712. The van der Waals surface area contributed by atoms with Crippen LogP contribution in [0, 0.1) is 0 Å². The van der Waals surface area contributed by atoms with Crippen molar-refractivity contribution < 1.29 is 17.4 Å². The minimum atomic E-state index is -4.14.